The van der Waals surface area contributed by atoms with E-state index < -0.39 is 18.1 Å². The minimum Gasteiger partial charge on any atom is -0.378 e. The van der Waals surface area contributed by atoms with Gasteiger partial charge < -0.3 is 4.74 Å². The summed E-state index contributed by atoms with van der Waals surface area (Å²) in [5, 5.41) is 12.4. The lowest BCUT2D eigenvalue weighted by atomic mass is 9.99. The monoisotopic (exact) mass is 278 g/mol. The van der Waals surface area contributed by atoms with E-state index in [1.54, 1.807) is 0 Å². The highest BCUT2D eigenvalue weighted by Gasteiger charge is 2.39. The Bertz CT molecular complexity index is 314. The molecule has 0 aromatic rings. The minimum atomic E-state index is -4.11. The molecule has 0 amide bonds. The maximum atomic E-state index is 12.0. The van der Waals surface area contributed by atoms with Gasteiger partial charge >= 0.3 is 6.18 Å². The Balaban J connectivity index is 2.26. The highest BCUT2D eigenvalue weighted by Crippen LogP contribution is 2.32. The lowest BCUT2D eigenvalue weighted by molar-refractivity contribution is -0.138. The largest absolute Gasteiger partial charge is 0.389 e. The smallest absolute Gasteiger partial charge is 0.378 e. The van der Waals surface area contributed by atoms with Gasteiger partial charge in [0.1, 0.15) is 5.54 Å². The van der Waals surface area contributed by atoms with Crippen LogP contribution in [-0.4, -0.2) is 31.0 Å². The fourth-order valence-corrected chi connectivity index (χ4v) is 2.33. The van der Waals surface area contributed by atoms with Gasteiger partial charge in [-0.2, -0.15) is 18.4 Å². The molecule has 1 aliphatic carbocycles. The van der Waals surface area contributed by atoms with E-state index in [0.717, 1.165) is 19.4 Å². The third-order valence-corrected chi connectivity index (χ3v) is 3.35. The van der Waals surface area contributed by atoms with Crippen molar-refractivity contribution in [3.63, 3.8) is 0 Å². The molecule has 0 spiro atoms. The summed E-state index contributed by atoms with van der Waals surface area (Å²) in [6.45, 7) is 2.91. The summed E-state index contributed by atoms with van der Waals surface area (Å²) >= 11 is 0. The fourth-order valence-electron chi connectivity index (χ4n) is 2.33. The molecular weight excluding hydrogens is 257 g/mol. The molecule has 1 rings (SSSR count). The molecule has 0 radical (unpaired) electrons. The summed E-state index contributed by atoms with van der Waals surface area (Å²) in [6.07, 6.45) is -2.09. The van der Waals surface area contributed by atoms with Crippen molar-refractivity contribution in [1.29, 1.82) is 5.26 Å². The van der Waals surface area contributed by atoms with Crippen LogP contribution in [0.25, 0.3) is 0 Å². The predicted molar refractivity (Wildman–Crippen MR) is 65.5 cm³/mol. The summed E-state index contributed by atoms with van der Waals surface area (Å²) in [6, 6.07) is 2.29. The molecule has 0 aliphatic heterocycles. The average Bonchev–Trinajstić information content (AvgIpc) is 2.75. The standard InChI is InChI=1S/C13H21F3N2O/c1-2-7-18-12(10-17)6-4-11(9-12)19-8-3-5-13(14,15)16/h11,18H,2-9H2,1H3. The molecule has 0 aromatic carbocycles. The maximum absolute atomic E-state index is 12.0. The Morgan fingerprint density at radius 2 is 2.21 bits per heavy atom. The lowest BCUT2D eigenvalue weighted by Gasteiger charge is -2.22. The van der Waals surface area contributed by atoms with Crippen LogP contribution < -0.4 is 5.32 Å². The fraction of sp³-hybridized carbons (Fsp3) is 0.923. The van der Waals surface area contributed by atoms with Crippen molar-refractivity contribution in [2.75, 3.05) is 13.2 Å². The van der Waals surface area contributed by atoms with Gasteiger partial charge in [0.15, 0.2) is 0 Å². The van der Waals surface area contributed by atoms with E-state index in [2.05, 4.69) is 11.4 Å². The molecule has 110 valence electrons. The van der Waals surface area contributed by atoms with E-state index in [-0.39, 0.29) is 19.1 Å². The van der Waals surface area contributed by atoms with Crippen LogP contribution in [0.1, 0.15) is 45.4 Å². The number of rotatable bonds is 7. The quantitative estimate of drug-likeness (QED) is 0.728. The second kappa shape index (κ2) is 7.11. The van der Waals surface area contributed by atoms with Crippen LogP contribution in [-0.2, 0) is 4.74 Å². The molecule has 2 unspecified atom stereocenters. The summed E-state index contributed by atoms with van der Waals surface area (Å²) < 4.78 is 41.3. The van der Waals surface area contributed by atoms with Gasteiger partial charge in [0.05, 0.1) is 12.2 Å². The van der Waals surface area contributed by atoms with E-state index in [9.17, 15) is 18.4 Å². The minimum absolute atomic E-state index is 0.0120. The van der Waals surface area contributed by atoms with Gasteiger partial charge in [0.25, 0.3) is 0 Å². The summed E-state index contributed by atoms with van der Waals surface area (Å²) in [5.41, 5.74) is -0.551. The zero-order valence-electron chi connectivity index (χ0n) is 11.2. The van der Waals surface area contributed by atoms with Crippen molar-refractivity contribution in [3.05, 3.63) is 0 Å². The predicted octanol–water partition coefficient (Wildman–Crippen LogP) is 3.16. The van der Waals surface area contributed by atoms with Crippen molar-refractivity contribution in [2.45, 2.75) is 63.3 Å². The lowest BCUT2D eigenvalue weighted by Crippen LogP contribution is -2.42. The Morgan fingerprint density at radius 1 is 1.47 bits per heavy atom. The second-order valence-electron chi connectivity index (χ2n) is 5.08. The van der Waals surface area contributed by atoms with E-state index >= 15 is 0 Å². The van der Waals surface area contributed by atoms with Crippen molar-refractivity contribution < 1.29 is 17.9 Å². The van der Waals surface area contributed by atoms with Crippen LogP contribution >= 0.6 is 0 Å². The van der Waals surface area contributed by atoms with Crippen molar-refractivity contribution >= 4 is 0 Å². The van der Waals surface area contributed by atoms with Gasteiger partial charge in [-0.3, -0.25) is 5.32 Å². The normalized spacial score (nSPS) is 27.4. The van der Waals surface area contributed by atoms with Crippen LogP contribution in [0, 0.1) is 11.3 Å². The number of alkyl halides is 3. The number of nitrogens with zero attached hydrogens (tertiary/aromatic N) is 1. The Hall–Kier alpha value is -0.800. The second-order valence-corrected chi connectivity index (χ2v) is 5.08. The Labute approximate surface area is 112 Å². The Morgan fingerprint density at radius 3 is 2.79 bits per heavy atom. The van der Waals surface area contributed by atoms with Crippen LogP contribution in [0.3, 0.4) is 0 Å². The first-order valence-corrected chi connectivity index (χ1v) is 6.75. The number of hydrogen-bond donors (Lipinski definition) is 1. The molecule has 6 heteroatoms. The van der Waals surface area contributed by atoms with E-state index in [1.165, 1.54) is 0 Å². The zero-order valence-corrected chi connectivity index (χ0v) is 11.2. The molecular formula is C13H21F3N2O. The maximum Gasteiger partial charge on any atom is 0.389 e. The average molecular weight is 278 g/mol. The van der Waals surface area contributed by atoms with Crippen molar-refractivity contribution in [3.8, 4) is 6.07 Å². The first kappa shape index (κ1) is 16.3. The number of ether oxygens (including phenoxy) is 1. The van der Waals surface area contributed by atoms with Crippen molar-refractivity contribution in [1.82, 2.24) is 5.32 Å². The SMILES string of the molecule is CCCNC1(C#N)CCC(OCCCC(F)(F)F)C1. The molecule has 3 nitrogen and oxygen atoms in total. The first-order valence-electron chi connectivity index (χ1n) is 6.75. The van der Waals surface area contributed by atoms with Gasteiger partial charge in [-0.25, -0.2) is 0 Å². The van der Waals surface area contributed by atoms with Crippen LogP contribution in [0.4, 0.5) is 13.2 Å². The topological polar surface area (TPSA) is 45.0 Å². The molecule has 0 aromatic heterocycles. The number of hydrogen-bond acceptors (Lipinski definition) is 3. The third kappa shape index (κ3) is 5.79. The van der Waals surface area contributed by atoms with Crippen LogP contribution in [0.5, 0.6) is 0 Å². The highest BCUT2D eigenvalue weighted by molar-refractivity contribution is 5.12. The van der Waals surface area contributed by atoms with Gasteiger partial charge in [-0.05, 0) is 32.2 Å². The van der Waals surface area contributed by atoms with Crippen LogP contribution in [0.15, 0.2) is 0 Å². The summed E-state index contributed by atoms with van der Waals surface area (Å²) in [4.78, 5) is 0. The van der Waals surface area contributed by atoms with Crippen LogP contribution in [0.2, 0.25) is 0 Å². The number of halogens is 3. The van der Waals surface area contributed by atoms with E-state index in [0.29, 0.717) is 12.8 Å². The van der Waals surface area contributed by atoms with Gasteiger partial charge in [0, 0.05) is 19.4 Å². The molecule has 2 atom stereocenters. The zero-order chi connectivity index (χ0) is 14.4. The summed E-state index contributed by atoms with van der Waals surface area (Å²) in [5.74, 6) is 0. The van der Waals surface area contributed by atoms with E-state index in [4.69, 9.17) is 4.74 Å². The molecule has 19 heavy (non-hydrogen) atoms. The molecule has 0 bridgehead atoms. The van der Waals surface area contributed by atoms with Crippen molar-refractivity contribution in [2.24, 2.45) is 0 Å². The first-order chi connectivity index (χ1) is 8.91. The molecule has 0 heterocycles. The van der Waals surface area contributed by atoms with Gasteiger partial charge in [-0.1, -0.05) is 6.92 Å². The molecule has 1 fully saturated rings. The van der Waals surface area contributed by atoms with Gasteiger partial charge in [-0.15, -0.1) is 0 Å². The summed E-state index contributed by atoms with van der Waals surface area (Å²) in [7, 11) is 0. The van der Waals surface area contributed by atoms with E-state index in [1.807, 2.05) is 6.92 Å². The Kier molecular flexibility index (Phi) is 6.08. The molecule has 1 N–H and O–H groups in total. The molecule has 1 aliphatic rings. The number of nitriles is 1. The number of nitrogens with one attached hydrogen (secondary N) is 1. The molecule has 1 saturated carbocycles. The highest BCUT2D eigenvalue weighted by atomic mass is 19.4. The molecule has 0 saturated heterocycles. The van der Waals surface area contributed by atoms with Gasteiger partial charge in [0.2, 0.25) is 0 Å². The third-order valence-electron chi connectivity index (χ3n) is 3.35.